The van der Waals surface area contributed by atoms with Gasteiger partial charge in [0.05, 0.1) is 14.2 Å². The van der Waals surface area contributed by atoms with E-state index in [1.807, 2.05) is 18.2 Å². The largest absolute Gasteiger partial charge is 0.497 e. The lowest BCUT2D eigenvalue weighted by atomic mass is 9.98. The van der Waals surface area contributed by atoms with Crippen LogP contribution in [0.1, 0.15) is 19.4 Å². The van der Waals surface area contributed by atoms with E-state index in [0.717, 1.165) is 23.6 Å². The predicted octanol–water partition coefficient (Wildman–Crippen LogP) is 3.87. The minimum Gasteiger partial charge on any atom is -0.497 e. The number of ether oxygens (including phenoxy) is 2. The van der Waals surface area contributed by atoms with Crippen molar-refractivity contribution in [1.82, 2.24) is 5.32 Å². The van der Waals surface area contributed by atoms with Crippen LogP contribution in [-0.4, -0.2) is 20.3 Å². The Morgan fingerprint density at radius 1 is 0.952 bits per heavy atom. The molecule has 0 spiro atoms. The zero-order chi connectivity index (χ0) is 15.2. The smallest absolute Gasteiger partial charge is 0.130 e. The van der Waals surface area contributed by atoms with Crippen LogP contribution >= 0.6 is 0 Å². The van der Waals surface area contributed by atoms with E-state index < -0.39 is 0 Å². The van der Waals surface area contributed by atoms with E-state index in [1.54, 1.807) is 14.2 Å². The van der Waals surface area contributed by atoms with Crippen LogP contribution in [-0.2, 0) is 6.54 Å². The van der Waals surface area contributed by atoms with Crippen molar-refractivity contribution in [3.05, 3.63) is 48.0 Å². The molecule has 2 aromatic rings. The summed E-state index contributed by atoms with van der Waals surface area (Å²) in [5.41, 5.74) is 3.53. The third-order valence-corrected chi connectivity index (χ3v) is 3.42. The zero-order valence-electron chi connectivity index (χ0n) is 13.1. The van der Waals surface area contributed by atoms with Crippen molar-refractivity contribution in [2.45, 2.75) is 26.4 Å². The Morgan fingerprint density at radius 3 is 2.38 bits per heavy atom. The van der Waals surface area contributed by atoms with E-state index in [4.69, 9.17) is 9.47 Å². The molecule has 0 radical (unpaired) electrons. The number of methoxy groups -OCH3 is 2. The monoisotopic (exact) mass is 285 g/mol. The van der Waals surface area contributed by atoms with E-state index in [-0.39, 0.29) is 0 Å². The van der Waals surface area contributed by atoms with Crippen LogP contribution < -0.4 is 14.8 Å². The molecule has 0 aliphatic heterocycles. The molecular formula is C18H23NO2. The van der Waals surface area contributed by atoms with Crippen LogP contribution in [0.25, 0.3) is 11.1 Å². The molecule has 1 N–H and O–H groups in total. The molecule has 0 aliphatic carbocycles. The molecule has 0 saturated carbocycles. The topological polar surface area (TPSA) is 30.5 Å². The first-order valence-electron chi connectivity index (χ1n) is 7.19. The molecule has 0 fully saturated rings. The molecule has 2 aromatic carbocycles. The minimum atomic E-state index is 0.454. The van der Waals surface area contributed by atoms with Crippen LogP contribution in [0.15, 0.2) is 42.5 Å². The summed E-state index contributed by atoms with van der Waals surface area (Å²) in [6.45, 7) is 5.14. The van der Waals surface area contributed by atoms with Gasteiger partial charge in [-0.15, -0.1) is 0 Å². The Hall–Kier alpha value is -2.00. The lowest BCUT2D eigenvalue weighted by Gasteiger charge is -2.15. The van der Waals surface area contributed by atoms with Crippen molar-refractivity contribution in [1.29, 1.82) is 0 Å². The van der Waals surface area contributed by atoms with Gasteiger partial charge in [0.2, 0.25) is 0 Å². The minimum absolute atomic E-state index is 0.454. The fraction of sp³-hybridized carbons (Fsp3) is 0.333. The molecule has 21 heavy (non-hydrogen) atoms. The van der Waals surface area contributed by atoms with Gasteiger partial charge >= 0.3 is 0 Å². The molecule has 0 amide bonds. The molecular weight excluding hydrogens is 262 g/mol. The lowest BCUT2D eigenvalue weighted by Crippen LogP contribution is -2.22. The highest BCUT2D eigenvalue weighted by atomic mass is 16.5. The lowest BCUT2D eigenvalue weighted by molar-refractivity contribution is 0.395. The summed E-state index contributed by atoms with van der Waals surface area (Å²) in [5.74, 6) is 1.62. The van der Waals surface area contributed by atoms with Crippen LogP contribution in [0.4, 0.5) is 0 Å². The van der Waals surface area contributed by atoms with Gasteiger partial charge in [0, 0.05) is 24.2 Å². The van der Waals surface area contributed by atoms with Gasteiger partial charge in [-0.2, -0.15) is 0 Å². The highest BCUT2D eigenvalue weighted by Gasteiger charge is 2.11. The van der Waals surface area contributed by atoms with E-state index >= 15 is 0 Å². The van der Waals surface area contributed by atoms with Crippen LogP contribution in [0.2, 0.25) is 0 Å². The number of hydrogen-bond acceptors (Lipinski definition) is 3. The van der Waals surface area contributed by atoms with Crippen molar-refractivity contribution in [3.8, 4) is 22.6 Å². The Bertz CT molecular complexity index is 594. The summed E-state index contributed by atoms with van der Waals surface area (Å²) in [7, 11) is 3.35. The van der Waals surface area contributed by atoms with Crippen molar-refractivity contribution >= 4 is 0 Å². The molecule has 3 nitrogen and oxygen atoms in total. The molecule has 3 heteroatoms. The first kappa shape index (κ1) is 15.4. The summed E-state index contributed by atoms with van der Waals surface area (Å²) in [6.07, 6.45) is 0. The maximum absolute atomic E-state index is 5.52. The Labute approximate surface area is 126 Å². The second kappa shape index (κ2) is 7.14. The summed E-state index contributed by atoms with van der Waals surface area (Å²) in [6, 6.07) is 14.8. The van der Waals surface area contributed by atoms with Gasteiger partial charge in [-0.1, -0.05) is 38.1 Å². The van der Waals surface area contributed by atoms with E-state index in [1.165, 1.54) is 11.1 Å². The second-order valence-electron chi connectivity index (χ2n) is 5.26. The molecule has 112 valence electrons. The SMILES string of the molecule is COc1ccc(-c2ccccc2CNC(C)C)c(OC)c1. The van der Waals surface area contributed by atoms with Gasteiger partial charge in [-0.25, -0.2) is 0 Å². The number of nitrogens with one attached hydrogen (secondary N) is 1. The quantitative estimate of drug-likeness (QED) is 0.874. The molecule has 2 rings (SSSR count). The van der Waals surface area contributed by atoms with E-state index in [2.05, 4.69) is 43.4 Å². The Morgan fingerprint density at radius 2 is 1.71 bits per heavy atom. The highest BCUT2D eigenvalue weighted by Crippen LogP contribution is 2.35. The Kier molecular flexibility index (Phi) is 5.23. The number of benzene rings is 2. The first-order valence-corrected chi connectivity index (χ1v) is 7.19. The Balaban J connectivity index is 2.41. The normalized spacial score (nSPS) is 10.7. The second-order valence-corrected chi connectivity index (χ2v) is 5.26. The van der Waals surface area contributed by atoms with Gasteiger partial charge in [-0.05, 0) is 23.3 Å². The van der Waals surface area contributed by atoms with Crippen LogP contribution in [0, 0.1) is 0 Å². The third-order valence-electron chi connectivity index (χ3n) is 3.42. The summed E-state index contributed by atoms with van der Waals surface area (Å²) < 4.78 is 10.8. The average Bonchev–Trinajstić information content (AvgIpc) is 2.52. The summed E-state index contributed by atoms with van der Waals surface area (Å²) in [5, 5.41) is 3.47. The van der Waals surface area contributed by atoms with Crippen LogP contribution in [0.3, 0.4) is 0 Å². The van der Waals surface area contributed by atoms with Crippen molar-refractivity contribution in [3.63, 3.8) is 0 Å². The fourth-order valence-corrected chi connectivity index (χ4v) is 2.27. The van der Waals surface area contributed by atoms with Gasteiger partial charge < -0.3 is 14.8 Å². The first-order chi connectivity index (χ1) is 10.2. The zero-order valence-corrected chi connectivity index (χ0v) is 13.1. The third kappa shape index (κ3) is 3.76. The predicted molar refractivity (Wildman–Crippen MR) is 87.0 cm³/mol. The maximum atomic E-state index is 5.52. The van der Waals surface area contributed by atoms with Crippen LogP contribution in [0.5, 0.6) is 11.5 Å². The molecule has 0 heterocycles. The van der Waals surface area contributed by atoms with Crippen molar-refractivity contribution in [2.24, 2.45) is 0 Å². The van der Waals surface area contributed by atoms with Gasteiger partial charge in [0.1, 0.15) is 11.5 Å². The molecule has 0 unspecified atom stereocenters. The fourth-order valence-electron chi connectivity index (χ4n) is 2.27. The molecule has 0 aliphatic rings. The summed E-state index contributed by atoms with van der Waals surface area (Å²) >= 11 is 0. The van der Waals surface area contributed by atoms with Gasteiger partial charge in [0.15, 0.2) is 0 Å². The molecule has 0 aromatic heterocycles. The maximum Gasteiger partial charge on any atom is 0.130 e. The van der Waals surface area contributed by atoms with Crippen molar-refractivity contribution in [2.75, 3.05) is 14.2 Å². The van der Waals surface area contributed by atoms with Gasteiger partial charge in [0.25, 0.3) is 0 Å². The molecule has 0 atom stereocenters. The summed E-state index contributed by atoms with van der Waals surface area (Å²) in [4.78, 5) is 0. The highest BCUT2D eigenvalue weighted by molar-refractivity contribution is 5.74. The van der Waals surface area contributed by atoms with Crippen molar-refractivity contribution < 1.29 is 9.47 Å². The number of rotatable bonds is 6. The van der Waals surface area contributed by atoms with E-state index in [9.17, 15) is 0 Å². The molecule has 0 saturated heterocycles. The average molecular weight is 285 g/mol. The van der Waals surface area contributed by atoms with Gasteiger partial charge in [-0.3, -0.25) is 0 Å². The standard InChI is InChI=1S/C18H23NO2/c1-13(2)19-12-14-7-5-6-8-16(14)17-10-9-15(20-3)11-18(17)21-4/h5-11,13,19H,12H2,1-4H3. The van der Waals surface area contributed by atoms with E-state index in [0.29, 0.717) is 6.04 Å². The molecule has 0 bridgehead atoms. The number of hydrogen-bond donors (Lipinski definition) is 1.